The number of rotatable bonds is 3. The van der Waals surface area contributed by atoms with E-state index in [9.17, 15) is 0 Å². The van der Waals surface area contributed by atoms with Crippen LogP contribution in [0, 0.1) is 0 Å². The minimum absolute atomic E-state index is 0.118. The highest BCUT2D eigenvalue weighted by Gasteiger charge is 2.36. The van der Waals surface area contributed by atoms with Crippen molar-refractivity contribution in [1.82, 2.24) is 0 Å². The molecule has 0 heteroatoms. The molecule has 0 radical (unpaired) electrons. The molecule has 0 fully saturated rings. The van der Waals surface area contributed by atoms with Gasteiger partial charge in [0.1, 0.15) is 0 Å². The topological polar surface area (TPSA) is 0 Å². The van der Waals surface area contributed by atoms with Gasteiger partial charge in [-0.05, 0) is 140 Å². The molecule has 0 spiro atoms. The summed E-state index contributed by atoms with van der Waals surface area (Å²) in [5.41, 5.74) is 12.9. The van der Waals surface area contributed by atoms with Crippen molar-refractivity contribution in [3.8, 4) is 44.5 Å². The van der Waals surface area contributed by atoms with E-state index in [1.807, 2.05) is 0 Å². The van der Waals surface area contributed by atoms with E-state index in [0.717, 1.165) is 0 Å². The highest BCUT2D eigenvalue weighted by atomic mass is 14.4. The lowest BCUT2D eigenvalue weighted by molar-refractivity contribution is 0.661. The van der Waals surface area contributed by atoms with Gasteiger partial charge in [0.2, 0.25) is 0 Å². The third-order valence-electron chi connectivity index (χ3n) is 12.0. The standard InChI is InChI=1S/C53H36/c1-53(2)49-31-39(24-26-45(49)46-27-25-40(32-50(46)53)38-22-18-33-10-3-4-12-36(33)28-38)37-13-9-14-41(29-37)48-30-42-23-21-35-20-19-34-11-5-6-15-43(34)51(35)52(42)47-17-8-7-16-44(47)48/h3-32H,1-2H3. The van der Waals surface area contributed by atoms with E-state index >= 15 is 0 Å². The van der Waals surface area contributed by atoms with Crippen molar-refractivity contribution in [2.24, 2.45) is 0 Å². The molecule has 0 aliphatic heterocycles. The van der Waals surface area contributed by atoms with Crippen LogP contribution >= 0.6 is 0 Å². The quantitative estimate of drug-likeness (QED) is 0.164. The molecule has 0 atom stereocenters. The number of hydrogen-bond acceptors (Lipinski definition) is 0. The Labute approximate surface area is 309 Å². The maximum Gasteiger partial charge on any atom is 0.0159 e. The Balaban J connectivity index is 1.02. The minimum atomic E-state index is -0.118. The molecule has 248 valence electrons. The zero-order chi connectivity index (χ0) is 35.3. The summed E-state index contributed by atoms with van der Waals surface area (Å²) in [5.74, 6) is 0. The van der Waals surface area contributed by atoms with Gasteiger partial charge in [0.25, 0.3) is 0 Å². The van der Waals surface area contributed by atoms with Crippen molar-refractivity contribution < 1.29 is 0 Å². The minimum Gasteiger partial charge on any atom is -0.0616 e. The van der Waals surface area contributed by atoms with Crippen LogP contribution in [0.1, 0.15) is 25.0 Å². The molecule has 0 bridgehead atoms. The van der Waals surface area contributed by atoms with Crippen molar-refractivity contribution in [2.75, 3.05) is 0 Å². The van der Waals surface area contributed by atoms with Crippen molar-refractivity contribution >= 4 is 53.9 Å². The zero-order valence-electron chi connectivity index (χ0n) is 29.8. The molecule has 0 aromatic heterocycles. The van der Waals surface area contributed by atoms with Gasteiger partial charge in [0.15, 0.2) is 0 Å². The van der Waals surface area contributed by atoms with Gasteiger partial charge in [-0.15, -0.1) is 0 Å². The molecule has 10 aromatic rings. The maximum absolute atomic E-state index is 2.44. The van der Waals surface area contributed by atoms with E-state index in [2.05, 4.69) is 196 Å². The van der Waals surface area contributed by atoms with Crippen LogP contribution in [-0.2, 0) is 5.41 Å². The van der Waals surface area contributed by atoms with Crippen molar-refractivity contribution in [2.45, 2.75) is 19.3 Å². The van der Waals surface area contributed by atoms with Crippen LogP contribution in [0.3, 0.4) is 0 Å². The van der Waals surface area contributed by atoms with E-state index in [0.29, 0.717) is 0 Å². The Morgan fingerprint density at radius 2 is 0.792 bits per heavy atom. The Bertz CT molecular complexity index is 3140. The summed E-state index contributed by atoms with van der Waals surface area (Å²) in [6, 6.07) is 68.0. The average Bonchev–Trinajstić information content (AvgIpc) is 3.44. The predicted molar refractivity (Wildman–Crippen MR) is 228 cm³/mol. The van der Waals surface area contributed by atoms with E-state index in [4.69, 9.17) is 0 Å². The summed E-state index contributed by atoms with van der Waals surface area (Å²) in [7, 11) is 0. The van der Waals surface area contributed by atoms with E-state index in [1.165, 1.54) is 109 Å². The van der Waals surface area contributed by atoms with Gasteiger partial charge in [-0.25, -0.2) is 0 Å². The van der Waals surface area contributed by atoms with Gasteiger partial charge < -0.3 is 0 Å². The first-order valence-corrected chi connectivity index (χ1v) is 18.7. The lowest BCUT2D eigenvalue weighted by Gasteiger charge is -2.23. The normalized spacial score (nSPS) is 13.2. The molecule has 0 amide bonds. The predicted octanol–water partition coefficient (Wildman–Crippen LogP) is 14.8. The first-order chi connectivity index (χ1) is 26.0. The van der Waals surface area contributed by atoms with E-state index in [-0.39, 0.29) is 5.41 Å². The van der Waals surface area contributed by atoms with E-state index in [1.54, 1.807) is 0 Å². The molecule has 0 saturated heterocycles. The molecular weight excluding hydrogens is 637 g/mol. The smallest absolute Gasteiger partial charge is 0.0159 e. The molecule has 53 heavy (non-hydrogen) atoms. The van der Waals surface area contributed by atoms with Crippen LogP contribution in [0.2, 0.25) is 0 Å². The van der Waals surface area contributed by atoms with Gasteiger partial charge >= 0.3 is 0 Å². The van der Waals surface area contributed by atoms with Crippen LogP contribution < -0.4 is 0 Å². The molecule has 0 nitrogen and oxygen atoms in total. The maximum atomic E-state index is 2.44. The first-order valence-electron chi connectivity index (χ1n) is 18.7. The highest BCUT2D eigenvalue weighted by molar-refractivity contribution is 6.29. The summed E-state index contributed by atoms with van der Waals surface area (Å²) < 4.78 is 0. The largest absolute Gasteiger partial charge is 0.0616 e. The van der Waals surface area contributed by atoms with Crippen LogP contribution in [0.4, 0.5) is 0 Å². The van der Waals surface area contributed by atoms with Gasteiger partial charge in [0.05, 0.1) is 0 Å². The summed E-state index contributed by atoms with van der Waals surface area (Å²) >= 11 is 0. The molecule has 0 unspecified atom stereocenters. The Kier molecular flexibility index (Phi) is 6.40. The van der Waals surface area contributed by atoms with Crippen molar-refractivity contribution in [3.63, 3.8) is 0 Å². The fourth-order valence-corrected chi connectivity index (χ4v) is 9.26. The van der Waals surface area contributed by atoms with Crippen LogP contribution in [0.5, 0.6) is 0 Å². The molecule has 1 aliphatic carbocycles. The summed E-state index contributed by atoms with van der Waals surface area (Å²) in [6.07, 6.45) is 0. The fraction of sp³-hybridized carbons (Fsp3) is 0.0566. The Morgan fingerprint density at radius 3 is 1.55 bits per heavy atom. The third kappa shape index (κ3) is 4.55. The van der Waals surface area contributed by atoms with Gasteiger partial charge in [-0.2, -0.15) is 0 Å². The van der Waals surface area contributed by atoms with Gasteiger partial charge in [0, 0.05) is 5.41 Å². The summed E-state index contributed by atoms with van der Waals surface area (Å²) in [6.45, 7) is 4.77. The second-order valence-corrected chi connectivity index (χ2v) is 15.3. The van der Waals surface area contributed by atoms with Crippen molar-refractivity contribution in [1.29, 1.82) is 0 Å². The first kappa shape index (κ1) is 30.2. The average molecular weight is 673 g/mol. The lowest BCUT2D eigenvalue weighted by atomic mass is 9.80. The summed E-state index contributed by atoms with van der Waals surface area (Å²) in [5, 5.41) is 12.9. The summed E-state index contributed by atoms with van der Waals surface area (Å²) in [4.78, 5) is 0. The number of fused-ring (bicyclic) bond motifs is 11. The fourth-order valence-electron chi connectivity index (χ4n) is 9.26. The number of benzene rings is 10. The molecular formula is C53H36. The third-order valence-corrected chi connectivity index (χ3v) is 12.0. The van der Waals surface area contributed by atoms with Crippen LogP contribution in [0.25, 0.3) is 98.4 Å². The number of hydrogen-bond donors (Lipinski definition) is 0. The highest BCUT2D eigenvalue weighted by Crippen LogP contribution is 2.51. The zero-order valence-corrected chi connectivity index (χ0v) is 29.8. The molecule has 0 N–H and O–H groups in total. The lowest BCUT2D eigenvalue weighted by Crippen LogP contribution is -2.15. The molecule has 1 aliphatic rings. The SMILES string of the molecule is CC1(C)c2cc(-c3cccc(-c4cc5ccc6ccc7ccccc7c6c5c5ccccc45)c3)ccc2-c2ccc(-c3ccc4ccccc4c3)cc21. The van der Waals surface area contributed by atoms with Crippen molar-refractivity contribution in [3.05, 3.63) is 193 Å². The second-order valence-electron chi connectivity index (χ2n) is 15.3. The van der Waals surface area contributed by atoms with E-state index < -0.39 is 0 Å². The Morgan fingerprint density at radius 1 is 0.283 bits per heavy atom. The van der Waals surface area contributed by atoms with Gasteiger partial charge in [-0.1, -0.05) is 166 Å². The van der Waals surface area contributed by atoms with Crippen LogP contribution in [0.15, 0.2) is 182 Å². The molecule has 0 saturated carbocycles. The molecule has 11 rings (SSSR count). The monoisotopic (exact) mass is 672 g/mol. The molecule has 10 aromatic carbocycles. The van der Waals surface area contributed by atoms with Gasteiger partial charge in [-0.3, -0.25) is 0 Å². The van der Waals surface area contributed by atoms with Crippen LogP contribution in [-0.4, -0.2) is 0 Å². The molecule has 0 heterocycles. The Hall–Kier alpha value is -6.50. The second kappa shape index (κ2) is 11.2.